The summed E-state index contributed by atoms with van der Waals surface area (Å²) in [6, 6.07) is 12.1. The highest BCUT2D eigenvalue weighted by atomic mass is 16.5. The highest BCUT2D eigenvalue weighted by molar-refractivity contribution is 6.03. The van der Waals surface area contributed by atoms with Crippen LogP contribution in [0.4, 0.5) is 11.4 Å². The van der Waals surface area contributed by atoms with E-state index in [-0.39, 0.29) is 0 Å². The van der Waals surface area contributed by atoms with Crippen LogP contribution >= 0.6 is 0 Å². The molecule has 7 nitrogen and oxygen atoms in total. The molecule has 4 rings (SSSR count). The summed E-state index contributed by atoms with van der Waals surface area (Å²) < 4.78 is 5.33. The maximum atomic E-state index is 12.8. The Kier molecular flexibility index (Phi) is 4.73. The van der Waals surface area contributed by atoms with Crippen LogP contribution in [-0.4, -0.2) is 37.0 Å². The summed E-state index contributed by atoms with van der Waals surface area (Å²) >= 11 is 0. The number of primary amides is 1. The number of benzene rings is 2. The lowest BCUT2D eigenvalue weighted by molar-refractivity contribution is -0.125. The Morgan fingerprint density at radius 3 is 2.61 bits per heavy atom. The van der Waals surface area contributed by atoms with Crippen LogP contribution in [0, 0.1) is 0 Å². The molecular formula is C21H21N3O4. The number of nitrogens with one attached hydrogen (secondary N) is 1. The first-order chi connectivity index (χ1) is 13.5. The molecule has 2 aliphatic rings. The summed E-state index contributed by atoms with van der Waals surface area (Å²) in [6.45, 7) is 1.76. The number of esters is 1. The van der Waals surface area contributed by atoms with Crippen LogP contribution in [0.25, 0.3) is 0 Å². The van der Waals surface area contributed by atoms with Gasteiger partial charge in [-0.3, -0.25) is 9.59 Å². The molecule has 2 aromatic rings. The van der Waals surface area contributed by atoms with Gasteiger partial charge in [-0.2, -0.15) is 0 Å². The number of nitrogens with zero attached hydrogens (tertiary/aromatic N) is 1. The minimum Gasteiger partial charge on any atom is -0.448 e. The molecule has 0 radical (unpaired) electrons. The molecule has 2 aromatic carbocycles. The van der Waals surface area contributed by atoms with Gasteiger partial charge in [0.1, 0.15) is 0 Å². The number of carbonyl (C=O) groups is 3. The second-order valence-corrected chi connectivity index (χ2v) is 7.03. The van der Waals surface area contributed by atoms with Gasteiger partial charge in [0, 0.05) is 25.1 Å². The normalized spacial score (nSPS) is 18.4. The molecule has 0 unspecified atom stereocenters. The summed E-state index contributed by atoms with van der Waals surface area (Å²) in [4.78, 5) is 38.8. The molecule has 1 saturated heterocycles. The minimum absolute atomic E-state index is 0.308. The molecule has 7 heteroatoms. The van der Waals surface area contributed by atoms with E-state index in [1.54, 1.807) is 30.3 Å². The molecule has 1 atom stereocenters. The van der Waals surface area contributed by atoms with Gasteiger partial charge in [-0.05, 0) is 42.7 Å². The van der Waals surface area contributed by atoms with E-state index in [0.717, 1.165) is 37.2 Å². The fraction of sp³-hybridized carbons (Fsp3) is 0.286. The Morgan fingerprint density at radius 2 is 1.86 bits per heavy atom. The molecule has 0 bridgehead atoms. The number of fused-ring (bicyclic) bond motifs is 1. The lowest BCUT2D eigenvalue weighted by Gasteiger charge is -2.26. The number of hydrogen-bond acceptors (Lipinski definition) is 5. The molecular weight excluding hydrogens is 358 g/mol. The maximum absolute atomic E-state index is 12.8. The molecule has 2 amide bonds. The van der Waals surface area contributed by atoms with Gasteiger partial charge >= 0.3 is 5.97 Å². The van der Waals surface area contributed by atoms with E-state index in [1.165, 1.54) is 0 Å². The van der Waals surface area contributed by atoms with Crippen LogP contribution in [0.3, 0.4) is 0 Å². The monoisotopic (exact) mass is 379 g/mol. The molecule has 2 heterocycles. The number of carbonyl (C=O) groups excluding carboxylic acids is 3. The van der Waals surface area contributed by atoms with E-state index in [0.29, 0.717) is 23.2 Å². The van der Waals surface area contributed by atoms with Gasteiger partial charge in [-0.25, -0.2) is 4.79 Å². The van der Waals surface area contributed by atoms with Crippen molar-refractivity contribution in [2.45, 2.75) is 25.4 Å². The minimum atomic E-state index is -0.925. The molecule has 0 saturated carbocycles. The molecule has 144 valence electrons. The van der Waals surface area contributed by atoms with Crippen molar-refractivity contribution in [3.05, 3.63) is 59.2 Å². The smallest absolute Gasteiger partial charge is 0.339 e. The fourth-order valence-corrected chi connectivity index (χ4v) is 3.71. The van der Waals surface area contributed by atoms with Gasteiger partial charge in [0.25, 0.3) is 5.91 Å². The Morgan fingerprint density at radius 1 is 1.11 bits per heavy atom. The predicted molar refractivity (Wildman–Crippen MR) is 104 cm³/mol. The first kappa shape index (κ1) is 18.0. The fourth-order valence-electron chi connectivity index (χ4n) is 3.71. The highest BCUT2D eigenvalue weighted by Crippen LogP contribution is 2.31. The molecule has 0 aliphatic carbocycles. The van der Waals surface area contributed by atoms with E-state index in [1.807, 2.05) is 12.1 Å². The number of anilines is 2. The quantitative estimate of drug-likeness (QED) is 0.792. The second-order valence-electron chi connectivity index (χ2n) is 7.03. The largest absolute Gasteiger partial charge is 0.448 e. The van der Waals surface area contributed by atoms with Gasteiger partial charge in [-0.1, -0.05) is 18.2 Å². The van der Waals surface area contributed by atoms with Gasteiger partial charge < -0.3 is 20.7 Å². The number of rotatable bonds is 4. The Hall–Kier alpha value is -3.35. The van der Waals surface area contributed by atoms with Crippen LogP contribution in [-0.2, 0) is 16.0 Å². The third kappa shape index (κ3) is 3.43. The number of hydrogen-bond donors (Lipinski definition) is 2. The first-order valence-electron chi connectivity index (χ1n) is 9.31. The van der Waals surface area contributed by atoms with Crippen molar-refractivity contribution in [1.29, 1.82) is 0 Å². The predicted octanol–water partition coefficient (Wildman–Crippen LogP) is 2.11. The Labute approximate surface area is 162 Å². The average molecular weight is 379 g/mol. The number of amides is 2. The molecule has 28 heavy (non-hydrogen) atoms. The van der Waals surface area contributed by atoms with Gasteiger partial charge in [0.15, 0.2) is 6.10 Å². The molecule has 0 aromatic heterocycles. The summed E-state index contributed by atoms with van der Waals surface area (Å²) in [5.74, 6) is -1.50. The van der Waals surface area contributed by atoms with Crippen LogP contribution in [0.2, 0.25) is 0 Å². The van der Waals surface area contributed by atoms with Crippen molar-refractivity contribution in [1.82, 2.24) is 0 Å². The maximum Gasteiger partial charge on any atom is 0.339 e. The van der Waals surface area contributed by atoms with Crippen molar-refractivity contribution in [2.75, 3.05) is 23.3 Å². The van der Waals surface area contributed by atoms with E-state index >= 15 is 0 Å². The molecule has 3 N–H and O–H groups in total. The Bertz CT molecular complexity index is 950. The summed E-state index contributed by atoms with van der Waals surface area (Å²) in [5, 5.41) is 2.84. The van der Waals surface area contributed by atoms with Crippen LogP contribution in [0.5, 0.6) is 0 Å². The third-order valence-electron chi connectivity index (χ3n) is 5.17. The standard InChI is InChI=1S/C21H21N3O4/c22-19(25)14-7-8-17(24-9-3-4-10-24)16(11-14)23-20(26)18-12-13-5-1-2-6-15(13)21(27)28-18/h1-2,5-8,11,18H,3-4,9-10,12H2,(H2,22,25)(H,23,26)/t18-/m1/s1. The van der Waals surface area contributed by atoms with Crippen LogP contribution < -0.4 is 16.0 Å². The third-order valence-corrected chi connectivity index (χ3v) is 5.17. The average Bonchev–Trinajstić information content (AvgIpc) is 3.22. The van der Waals surface area contributed by atoms with Gasteiger partial charge in [0.2, 0.25) is 5.91 Å². The summed E-state index contributed by atoms with van der Waals surface area (Å²) in [6.07, 6.45) is 1.53. The highest BCUT2D eigenvalue weighted by Gasteiger charge is 2.31. The lowest BCUT2D eigenvalue weighted by Crippen LogP contribution is -2.38. The van der Waals surface area contributed by atoms with Gasteiger partial charge in [-0.15, -0.1) is 0 Å². The Balaban J connectivity index is 1.59. The van der Waals surface area contributed by atoms with Crippen molar-refractivity contribution in [2.24, 2.45) is 5.73 Å². The van der Waals surface area contributed by atoms with E-state index in [9.17, 15) is 14.4 Å². The van der Waals surface area contributed by atoms with Crippen LogP contribution in [0.15, 0.2) is 42.5 Å². The summed E-state index contributed by atoms with van der Waals surface area (Å²) in [5.41, 5.74) is 8.30. The molecule has 0 spiro atoms. The van der Waals surface area contributed by atoms with E-state index in [2.05, 4.69) is 10.2 Å². The number of nitrogens with two attached hydrogens (primary N) is 1. The first-order valence-corrected chi connectivity index (χ1v) is 9.31. The zero-order valence-corrected chi connectivity index (χ0v) is 15.3. The van der Waals surface area contributed by atoms with Crippen molar-refractivity contribution < 1.29 is 19.1 Å². The van der Waals surface area contributed by atoms with Gasteiger partial charge in [0.05, 0.1) is 16.9 Å². The number of cyclic esters (lactones) is 1. The SMILES string of the molecule is NC(=O)c1ccc(N2CCCC2)c(NC(=O)[C@H]2Cc3ccccc3C(=O)O2)c1. The summed E-state index contributed by atoms with van der Waals surface area (Å²) in [7, 11) is 0. The number of ether oxygens (including phenoxy) is 1. The second kappa shape index (κ2) is 7.34. The van der Waals surface area contributed by atoms with Crippen LogP contribution in [0.1, 0.15) is 39.1 Å². The lowest BCUT2D eigenvalue weighted by atomic mass is 9.98. The zero-order chi connectivity index (χ0) is 19.7. The zero-order valence-electron chi connectivity index (χ0n) is 15.3. The molecule has 2 aliphatic heterocycles. The van der Waals surface area contributed by atoms with Crippen molar-refractivity contribution in [3.63, 3.8) is 0 Å². The van der Waals surface area contributed by atoms with E-state index < -0.39 is 23.9 Å². The topological polar surface area (TPSA) is 102 Å². The van der Waals surface area contributed by atoms with E-state index in [4.69, 9.17) is 10.5 Å². The van der Waals surface area contributed by atoms with Crippen molar-refractivity contribution >= 4 is 29.2 Å². The molecule has 1 fully saturated rings. The van der Waals surface area contributed by atoms with Crippen molar-refractivity contribution in [3.8, 4) is 0 Å².